The molecule has 1 aliphatic rings. The Morgan fingerprint density at radius 3 is 1.41 bits per heavy atom. The van der Waals surface area contributed by atoms with Crippen molar-refractivity contribution in [3.05, 3.63) is 23.3 Å². The molecular formula is C21H35F3O2Si. The first kappa shape index (κ1) is 24.2. The first-order chi connectivity index (χ1) is 12.0. The third kappa shape index (κ3) is 4.76. The second kappa shape index (κ2) is 7.51. The van der Waals surface area contributed by atoms with E-state index in [9.17, 15) is 18.0 Å². The molecular weight excluding hydrogens is 369 g/mol. The second-order valence-electron chi connectivity index (χ2n) is 9.58. The molecule has 0 atom stereocenters. The molecule has 0 saturated carbocycles. The molecule has 0 N–H and O–H groups in total. The largest absolute Gasteiger partial charge is 0.423 e. The molecule has 0 bridgehead atoms. The maximum Gasteiger partial charge on any atom is 0.423 e. The summed E-state index contributed by atoms with van der Waals surface area (Å²) in [7, 11) is -2.61. The van der Waals surface area contributed by atoms with Crippen molar-refractivity contribution in [3.8, 4) is 0 Å². The van der Waals surface area contributed by atoms with Gasteiger partial charge in [-0.25, -0.2) is 0 Å². The lowest BCUT2D eigenvalue weighted by molar-refractivity contribution is -0.215. The minimum absolute atomic E-state index is 0.179. The number of hydrogen-bond donors (Lipinski definition) is 0. The zero-order chi connectivity index (χ0) is 21.5. The summed E-state index contributed by atoms with van der Waals surface area (Å²) in [5.41, 5.74) is -3.61. The zero-order valence-electron chi connectivity index (χ0n) is 18.2. The van der Waals surface area contributed by atoms with Crippen LogP contribution in [0.15, 0.2) is 23.3 Å². The number of carbonyl (C=O) groups is 1. The molecule has 0 spiro atoms. The normalized spacial score (nSPS) is 19.0. The smallest absolute Gasteiger partial charge is 0.397 e. The average Bonchev–Trinajstić information content (AvgIpc) is 2.51. The van der Waals surface area contributed by atoms with Crippen LogP contribution in [0.2, 0.25) is 18.1 Å². The number of rotatable bonds is 5. The van der Waals surface area contributed by atoms with Gasteiger partial charge in [-0.05, 0) is 41.1 Å². The van der Waals surface area contributed by atoms with Crippen LogP contribution in [0.5, 0.6) is 0 Å². The average molecular weight is 405 g/mol. The van der Waals surface area contributed by atoms with Crippen LogP contribution in [-0.4, -0.2) is 25.9 Å². The fourth-order valence-corrected chi connectivity index (χ4v) is 6.35. The Morgan fingerprint density at radius 1 is 0.852 bits per heavy atom. The van der Waals surface area contributed by atoms with E-state index < -0.39 is 30.9 Å². The molecule has 0 aromatic rings. The minimum atomic E-state index is -4.64. The van der Waals surface area contributed by atoms with Crippen molar-refractivity contribution in [1.82, 2.24) is 0 Å². The van der Waals surface area contributed by atoms with Crippen LogP contribution in [0.4, 0.5) is 13.2 Å². The van der Waals surface area contributed by atoms with Crippen molar-refractivity contribution in [2.45, 2.75) is 92.2 Å². The van der Waals surface area contributed by atoms with Crippen molar-refractivity contribution >= 4 is 14.1 Å². The summed E-state index contributed by atoms with van der Waals surface area (Å²) in [4.78, 5) is 13.1. The SMILES string of the molecule is CC[Si](CC)(CC)OC1(C(F)(F)F)C=C(C(C)(C)C)C(=O)C(C(C)(C)C)=C1. The maximum atomic E-state index is 14.5. The highest BCUT2D eigenvalue weighted by Crippen LogP contribution is 2.49. The summed E-state index contributed by atoms with van der Waals surface area (Å²) in [5, 5.41) is 0. The number of allylic oxidation sites excluding steroid dienone is 2. The van der Waals surface area contributed by atoms with Gasteiger partial charge < -0.3 is 4.43 Å². The Hall–Kier alpha value is -0.883. The lowest BCUT2D eigenvalue weighted by Crippen LogP contribution is -2.55. The van der Waals surface area contributed by atoms with Crippen molar-refractivity contribution < 1.29 is 22.4 Å². The Kier molecular flexibility index (Phi) is 6.71. The van der Waals surface area contributed by atoms with E-state index in [4.69, 9.17) is 4.43 Å². The molecule has 27 heavy (non-hydrogen) atoms. The van der Waals surface area contributed by atoms with E-state index in [0.717, 1.165) is 12.2 Å². The van der Waals surface area contributed by atoms with Crippen molar-refractivity contribution in [1.29, 1.82) is 0 Å². The summed E-state index contributed by atoms with van der Waals surface area (Å²) in [6.07, 6.45) is -2.51. The molecule has 1 rings (SSSR count). The van der Waals surface area contributed by atoms with Gasteiger partial charge in [-0.1, -0.05) is 62.3 Å². The molecule has 2 nitrogen and oxygen atoms in total. The Balaban J connectivity index is 3.85. The highest BCUT2D eigenvalue weighted by atomic mass is 28.4. The van der Waals surface area contributed by atoms with Crippen molar-refractivity contribution in [3.63, 3.8) is 0 Å². The molecule has 0 aliphatic heterocycles. The lowest BCUT2D eigenvalue weighted by Gasteiger charge is -2.44. The summed E-state index contributed by atoms with van der Waals surface area (Å²) >= 11 is 0. The predicted molar refractivity (Wildman–Crippen MR) is 107 cm³/mol. The molecule has 0 amide bonds. The van der Waals surface area contributed by atoms with Crippen LogP contribution in [0.1, 0.15) is 62.3 Å². The Labute approximate surface area is 163 Å². The standard InChI is InChI=1S/C21H35F3O2Si/c1-10-27(11-2,12-3)26-20(21(22,23)24)13-15(18(4,5)6)17(25)16(14-20)19(7,8)9/h13-14H,10-12H2,1-9H3. The summed E-state index contributed by atoms with van der Waals surface area (Å²) in [6, 6.07) is 1.80. The molecule has 0 heterocycles. The van der Waals surface area contributed by atoms with Crippen LogP contribution < -0.4 is 0 Å². The maximum absolute atomic E-state index is 14.5. The second-order valence-corrected chi connectivity index (χ2v) is 14.3. The summed E-state index contributed by atoms with van der Waals surface area (Å²) < 4.78 is 49.5. The van der Waals surface area contributed by atoms with E-state index in [1.54, 1.807) is 41.5 Å². The van der Waals surface area contributed by atoms with Gasteiger partial charge in [-0.2, -0.15) is 13.2 Å². The highest BCUT2D eigenvalue weighted by Gasteiger charge is 2.59. The first-order valence-corrected chi connectivity index (χ1v) is 12.3. The Morgan fingerprint density at radius 2 is 1.19 bits per heavy atom. The van der Waals surface area contributed by atoms with Gasteiger partial charge in [-0.3, -0.25) is 4.79 Å². The van der Waals surface area contributed by atoms with Crippen LogP contribution in [0.3, 0.4) is 0 Å². The molecule has 6 heteroatoms. The first-order valence-electron chi connectivity index (χ1n) is 9.77. The van der Waals surface area contributed by atoms with Gasteiger partial charge in [0.25, 0.3) is 0 Å². The molecule has 0 radical (unpaired) electrons. The monoisotopic (exact) mass is 404 g/mol. The van der Waals surface area contributed by atoms with Gasteiger partial charge in [0, 0.05) is 11.1 Å². The highest BCUT2D eigenvalue weighted by molar-refractivity contribution is 6.73. The van der Waals surface area contributed by atoms with Crippen molar-refractivity contribution in [2.75, 3.05) is 0 Å². The zero-order valence-corrected chi connectivity index (χ0v) is 19.2. The summed E-state index contributed by atoms with van der Waals surface area (Å²) in [5.74, 6) is -0.310. The topological polar surface area (TPSA) is 26.3 Å². The third-order valence-electron chi connectivity index (χ3n) is 5.58. The number of carbonyl (C=O) groups excluding carboxylic acids is 1. The molecule has 0 aromatic heterocycles. The van der Waals surface area contributed by atoms with Crippen LogP contribution in [-0.2, 0) is 9.22 Å². The van der Waals surface area contributed by atoms with E-state index in [2.05, 4.69) is 0 Å². The van der Waals surface area contributed by atoms with Gasteiger partial charge in [0.2, 0.25) is 0 Å². The van der Waals surface area contributed by atoms with Crippen molar-refractivity contribution in [2.24, 2.45) is 10.8 Å². The van der Waals surface area contributed by atoms with Crippen LogP contribution in [0, 0.1) is 10.8 Å². The van der Waals surface area contributed by atoms with Gasteiger partial charge in [0.05, 0.1) is 0 Å². The fourth-order valence-electron chi connectivity index (χ4n) is 3.47. The number of Topliss-reactive ketones (excluding diaryl/α,β-unsaturated/α-hetero) is 1. The molecule has 0 saturated heterocycles. The van der Waals surface area contributed by atoms with Gasteiger partial charge in [0.15, 0.2) is 19.7 Å². The molecule has 0 fully saturated rings. The van der Waals surface area contributed by atoms with Crippen LogP contribution in [0.25, 0.3) is 0 Å². The van der Waals surface area contributed by atoms with Gasteiger partial charge in [0.1, 0.15) is 0 Å². The fraction of sp³-hybridized carbons (Fsp3) is 0.762. The minimum Gasteiger partial charge on any atom is -0.397 e. The molecule has 1 aliphatic carbocycles. The van der Waals surface area contributed by atoms with Crippen LogP contribution >= 0.6 is 0 Å². The molecule has 156 valence electrons. The molecule has 0 aromatic carbocycles. The van der Waals surface area contributed by atoms with Gasteiger partial charge in [-0.15, -0.1) is 0 Å². The lowest BCUT2D eigenvalue weighted by atomic mass is 9.69. The van der Waals surface area contributed by atoms with E-state index in [0.29, 0.717) is 18.1 Å². The quantitative estimate of drug-likeness (QED) is 0.469. The number of ketones is 1. The predicted octanol–water partition coefficient (Wildman–Crippen LogP) is 6.84. The number of halogens is 3. The number of alkyl halides is 3. The van der Waals surface area contributed by atoms with E-state index >= 15 is 0 Å². The third-order valence-corrected chi connectivity index (χ3v) is 10.2. The van der Waals surface area contributed by atoms with E-state index in [-0.39, 0.29) is 16.9 Å². The summed E-state index contributed by atoms with van der Waals surface area (Å²) in [6.45, 7) is 16.3. The van der Waals surface area contributed by atoms with Gasteiger partial charge >= 0.3 is 6.18 Å². The number of hydrogen-bond acceptors (Lipinski definition) is 2. The van der Waals surface area contributed by atoms with E-state index in [1.807, 2.05) is 20.8 Å². The Bertz CT molecular complexity index is 585. The molecule has 0 unspecified atom stereocenters. The van der Waals surface area contributed by atoms with E-state index in [1.165, 1.54) is 0 Å².